The Bertz CT molecular complexity index is 147. The van der Waals surface area contributed by atoms with Crippen LogP contribution in [-0.4, -0.2) is 31.3 Å². The van der Waals surface area contributed by atoms with Gasteiger partial charge in [-0.2, -0.15) is 0 Å². The molecule has 0 saturated heterocycles. The SMILES string of the molecule is CC(C)NCCNC(=O)OC(C)C. The van der Waals surface area contributed by atoms with Gasteiger partial charge in [-0.1, -0.05) is 13.8 Å². The molecular formula is C9H20N2O2. The topological polar surface area (TPSA) is 50.4 Å². The minimum atomic E-state index is -0.347. The van der Waals surface area contributed by atoms with Gasteiger partial charge in [-0.05, 0) is 13.8 Å². The van der Waals surface area contributed by atoms with Crippen LogP contribution in [-0.2, 0) is 4.74 Å². The zero-order valence-electron chi connectivity index (χ0n) is 8.89. The van der Waals surface area contributed by atoms with Crippen LogP contribution in [0, 0.1) is 0 Å². The molecule has 0 aromatic heterocycles. The lowest BCUT2D eigenvalue weighted by atomic mass is 10.4. The van der Waals surface area contributed by atoms with Crippen LogP contribution >= 0.6 is 0 Å². The molecule has 0 unspecified atom stereocenters. The van der Waals surface area contributed by atoms with E-state index in [0.29, 0.717) is 12.6 Å². The molecule has 13 heavy (non-hydrogen) atoms. The van der Waals surface area contributed by atoms with Gasteiger partial charge in [-0.3, -0.25) is 0 Å². The normalized spacial score (nSPS) is 10.6. The molecule has 1 amide bonds. The molecule has 0 heterocycles. The number of alkyl carbamates (subject to hydrolysis) is 1. The molecule has 0 bridgehead atoms. The summed E-state index contributed by atoms with van der Waals surface area (Å²) < 4.78 is 4.88. The summed E-state index contributed by atoms with van der Waals surface area (Å²) in [4.78, 5) is 10.9. The predicted octanol–water partition coefficient (Wildman–Crippen LogP) is 1.12. The Hall–Kier alpha value is -0.770. The smallest absolute Gasteiger partial charge is 0.407 e. The van der Waals surface area contributed by atoms with E-state index in [1.54, 1.807) is 0 Å². The van der Waals surface area contributed by atoms with Crippen LogP contribution in [0.5, 0.6) is 0 Å². The number of rotatable bonds is 5. The van der Waals surface area contributed by atoms with E-state index >= 15 is 0 Å². The van der Waals surface area contributed by atoms with Crippen LogP contribution in [0.25, 0.3) is 0 Å². The average Bonchev–Trinajstić information content (AvgIpc) is 1.96. The summed E-state index contributed by atoms with van der Waals surface area (Å²) in [5.74, 6) is 0. The van der Waals surface area contributed by atoms with Crippen molar-refractivity contribution in [1.82, 2.24) is 10.6 Å². The summed E-state index contributed by atoms with van der Waals surface area (Å²) >= 11 is 0. The van der Waals surface area contributed by atoms with Crippen molar-refractivity contribution in [1.29, 1.82) is 0 Å². The van der Waals surface area contributed by atoms with Gasteiger partial charge >= 0.3 is 6.09 Å². The lowest BCUT2D eigenvalue weighted by molar-refractivity contribution is 0.115. The molecule has 0 aliphatic rings. The highest BCUT2D eigenvalue weighted by molar-refractivity contribution is 5.67. The molecule has 78 valence electrons. The Kier molecular flexibility index (Phi) is 6.32. The molecule has 0 aromatic carbocycles. The molecule has 0 fully saturated rings. The Morgan fingerprint density at radius 1 is 1.23 bits per heavy atom. The number of nitrogens with one attached hydrogen (secondary N) is 2. The molecule has 0 aliphatic heterocycles. The summed E-state index contributed by atoms with van der Waals surface area (Å²) in [7, 11) is 0. The van der Waals surface area contributed by atoms with Crippen LogP contribution in [0.15, 0.2) is 0 Å². The van der Waals surface area contributed by atoms with E-state index in [9.17, 15) is 4.79 Å². The van der Waals surface area contributed by atoms with Crippen LogP contribution in [0.1, 0.15) is 27.7 Å². The van der Waals surface area contributed by atoms with Gasteiger partial charge in [-0.15, -0.1) is 0 Å². The Morgan fingerprint density at radius 3 is 2.31 bits per heavy atom. The number of ether oxygens (including phenoxy) is 1. The lowest BCUT2D eigenvalue weighted by Crippen LogP contribution is -2.35. The van der Waals surface area contributed by atoms with Gasteiger partial charge in [0.2, 0.25) is 0 Å². The molecule has 0 rings (SSSR count). The standard InChI is InChI=1S/C9H20N2O2/c1-7(2)10-5-6-11-9(12)13-8(3)4/h7-8,10H,5-6H2,1-4H3,(H,11,12). The summed E-state index contributed by atoms with van der Waals surface area (Å²) in [6, 6.07) is 0.447. The monoisotopic (exact) mass is 188 g/mol. The van der Waals surface area contributed by atoms with Gasteiger partial charge in [0.15, 0.2) is 0 Å². The highest BCUT2D eigenvalue weighted by atomic mass is 16.6. The van der Waals surface area contributed by atoms with Gasteiger partial charge in [0.05, 0.1) is 6.10 Å². The van der Waals surface area contributed by atoms with Gasteiger partial charge in [0.25, 0.3) is 0 Å². The van der Waals surface area contributed by atoms with Crippen molar-refractivity contribution in [2.45, 2.75) is 39.8 Å². The fraction of sp³-hybridized carbons (Fsp3) is 0.889. The van der Waals surface area contributed by atoms with Crippen LogP contribution < -0.4 is 10.6 Å². The van der Waals surface area contributed by atoms with Crippen molar-refractivity contribution in [3.63, 3.8) is 0 Å². The second-order valence-corrected chi connectivity index (χ2v) is 3.49. The quantitative estimate of drug-likeness (QED) is 0.636. The summed E-state index contributed by atoms with van der Waals surface area (Å²) in [5.41, 5.74) is 0. The van der Waals surface area contributed by atoms with Crippen LogP contribution in [0.3, 0.4) is 0 Å². The second-order valence-electron chi connectivity index (χ2n) is 3.49. The van der Waals surface area contributed by atoms with E-state index in [4.69, 9.17) is 4.74 Å². The third-order valence-corrected chi connectivity index (χ3v) is 1.29. The van der Waals surface area contributed by atoms with Crippen LogP contribution in [0.2, 0.25) is 0 Å². The Labute approximate surface area is 80.0 Å². The van der Waals surface area contributed by atoms with Crippen molar-refractivity contribution in [2.24, 2.45) is 0 Å². The summed E-state index contributed by atoms with van der Waals surface area (Å²) in [5, 5.41) is 5.83. The largest absolute Gasteiger partial charge is 0.447 e. The maximum atomic E-state index is 10.9. The molecule has 4 heteroatoms. The van der Waals surface area contributed by atoms with E-state index < -0.39 is 0 Å². The van der Waals surface area contributed by atoms with Gasteiger partial charge in [0.1, 0.15) is 0 Å². The van der Waals surface area contributed by atoms with Gasteiger partial charge in [0, 0.05) is 19.1 Å². The van der Waals surface area contributed by atoms with Gasteiger partial charge in [-0.25, -0.2) is 4.79 Å². The first-order valence-electron chi connectivity index (χ1n) is 4.70. The van der Waals surface area contributed by atoms with Crippen molar-refractivity contribution in [3.8, 4) is 0 Å². The van der Waals surface area contributed by atoms with Crippen LogP contribution in [0.4, 0.5) is 4.79 Å². The number of carbonyl (C=O) groups excluding carboxylic acids is 1. The molecule has 0 aromatic rings. The lowest BCUT2D eigenvalue weighted by Gasteiger charge is -2.11. The van der Waals surface area contributed by atoms with Crippen molar-refractivity contribution < 1.29 is 9.53 Å². The second kappa shape index (κ2) is 6.71. The Morgan fingerprint density at radius 2 is 1.85 bits per heavy atom. The van der Waals surface area contributed by atoms with Crippen molar-refractivity contribution >= 4 is 6.09 Å². The minimum absolute atomic E-state index is 0.0574. The fourth-order valence-corrected chi connectivity index (χ4v) is 0.781. The third-order valence-electron chi connectivity index (χ3n) is 1.29. The number of hydrogen-bond donors (Lipinski definition) is 2. The first-order chi connectivity index (χ1) is 6.02. The van der Waals surface area contributed by atoms with Crippen molar-refractivity contribution in [2.75, 3.05) is 13.1 Å². The fourth-order valence-electron chi connectivity index (χ4n) is 0.781. The molecular weight excluding hydrogens is 168 g/mol. The molecule has 4 nitrogen and oxygen atoms in total. The first-order valence-corrected chi connectivity index (χ1v) is 4.70. The molecule has 0 aliphatic carbocycles. The van der Waals surface area contributed by atoms with E-state index in [-0.39, 0.29) is 12.2 Å². The summed E-state index contributed by atoms with van der Waals surface area (Å²) in [6.07, 6.45) is -0.404. The highest BCUT2D eigenvalue weighted by Crippen LogP contribution is 1.87. The van der Waals surface area contributed by atoms with E-state index in [1.807, 2.05) is 13.8 Å². The average molecular weight is 188 g/mol. The molecule has 0 spiro atoms. The van der Waals surface area contributed by atoms with E-state index in [0.717, 1.165) is 6.54 Å². The van der Waals surface area contributed by atoms with E-state index in [1.165, 1.54) is 0 Å². The molecule has 0 atom stereocenters. The predicted molar refractivity (Wildman–Crippen MR) is 52.8 cm³/mol. The number of hydrogen-bond acceptors (Lipinski definition) is 3. The number of amides is 1. The number of carbonyl (C=O) groups is 1. The third kappa shape index (κ3) is 9.14. The maximum absolute atomic E-state index is 10.9. The molecule has 0 saturated carbocycles. The molecule has 0 radical (unpaired) electrons. The zero-order chi connectivity index (χ0) is 10.3. The molecule has 2 N–H and O–H groups in total. The maximum Gasteiger partial charge on any atom is 0.407 e. The van der Waals surface area contributed by atoms with E-state index in [2.05, 4.69) is 24.5 Å². The highest BCUT2D eigenvalue weighted by Gasteiger charge is 2.02. The van der Waals surface area contributed by atoms with Gasteiger partial charge < -0.3 is 15.4 Å². The van der Waals surface area contributed by atoms with Crippen molar-refractivity contribution in [3.05, 3.63) is 0 Å². The summed E-state index contributed by atoms with van der Waals surface area (Å²) in [6.45, 7) is 9.14. The zero-order valence-corrected chi connectivity index (χ0v) is 8.89. The Balaban J connectivity index is 3.27. The first kappa shape index (κ1) is 12.2. The minimum Gasteiger partial charge on any atom is -0.447 e.